The Morgan fingerprint density at radius 3 is 2.47 bits per heavy atom. The Morgan fingerprint density at radius 2 is 1.84 bits per heavy atom. The summed E-state index contributed by atoms with van der Waals surface area (Å²) < 4.78 is 16.8. The van der Waals surface area contributed by atoms with Gasteiger partial charge in [0.2, 0.25) is 0 Å². The predicted molar refractivity (Wildman–Crippen MR) is 69.1 cm³/mol. The molecule has 2 aliphatic heterocycles. The molecule has 5 nitrogen and oxygen atoms in total. The number of carbonyl (C=O) groups excluding carboxylic acids is 1. The summed E-state index contributed by atoms with van der Waals surface area (Å²) in [5, 5.41) is 0. The fourth-order valence-corrected chi connectivity index (χ4v) is 2.14. The number of cyclic esters (lactones) is 1. The van der Waals surface area contributed by atoms with Gasteiger partial charge in [0.25, 0.3) is 0 Å². The van der Waals surface area contributed by atoms with Crippen LogP contribution in [0.4, 0.5) is 0 Å². The summed E-state index contributed by atoms with van der Waals surface area (Å²) in [5.74, 6) is -0.365. The number of rotatable bonds is 1. The fraction of sp³-hybridized carbons (Fsp3) is 0.538. The minimum absolute atomic E-state index is 0.272. The van der Waals surface area contributed by atoms with Crippen LogP contribution in [-0.2, 0) is 20.7 Å². The molecule has 1 fully saturated rings. The molecule has 1 aromatic heterocycles. The van der Waals surface area contributed by atoms with Crippen LogP contribution in [0, 0.1) is 0 Å². The molecule has 19 heavy (non-hydrogen) atoms. The van der Waals surface area contributed by atoms with Crippen LogP contribution in [0.15, 0.2) is 12.3 Å². The number of esters is 1. The lowest BCUT2D eigenvalue weighted by molar-refractivity contribution is 0.00578. The van der Waals surface area contributed by atoms with E-state index in [-0.39, 0.29) is 23.8 Å². The van der Waals surface area contributed by atoms with E-state index in [2.05, 4.69) is 4.98 Å². The Hall–Kier alpha value is -1.40. The van der Waals surface area contributed by atoms with Gasteiger partial charge in [-0.2, -0.15) is 0 Å². The van der Waals surface area contributed by atoms with Gasteiger partial charge in [-0.1, -0.05) is 6.07 Å². The van der Waals surface area contributed by atoms with Crippen molar-refractivity contribution in [2.24, 2.45) is 0 Å². The number of nitrogens with zero attached hydrogens (tertiary/aromatic N) is 1. The molecule has 1 aromatic rings. The summed E-state index contributed by atoms with van der Waals surface area (Å²) in [7, 11) is -0.460. The molecule has 0 bridgehead atoms. The lowest BCUT2D eigenvalue weighted by Gasteiger charge is -2.32. The maximum atomic E-state index is 11.4. The number of carbonyl (C=O) groups is 1. The van der Waals surface area contributed by atoms with Crippen LogP contribution in [0.5, 0.6) is 0 Å². The van der Waals surface area contributed by atoms with Gasteiger partial charge in [-0.05, 0) is 27.7 Å². The number of aromatic nitrogens is 1. The first-order valence-electron chi connectivity index (χ1n) is 6.32. The lowest BCUT2D eigenvalue weighted by atomic mass is 9.79. The summed E-state index contributed by atoms with van der Waals surface area (Å²) >= 11 is 0. The highest BCUT2D eigenvalue weighted by molar-refractivity contribution is 6.62. The molecule has 0 spiro atoms. The van der Waals surface area contributed by atoms with E-state index in [9.17, 15) is 4.79 Å². The van der Waals surface area contributed by atoms with E-state index in [1.54, 1.807) is 6.20 Å². The first-order valence-corrected chi connectivity index (χ1v) is 6.32. The number of ether oxygens (including phenoxy) is 1. The van der Waals surface area contributed by atoms with Gasteiger partial charge in [-0.15, -0.1) is 0 Å². The summed E-state index contributed by atoms with van der Waals surface area (Å²) in [6.07, 6.45) is 1.62. The van der Waals surface area contributed by atoms with Gasteiger partial charge in [-0.3, -0.25) is 0 Å². The highest BCUT2D eigenvalue weighted by atomic mass is 16.7. The largest absolute Gasteiger partial charge is 0.496 e. The van der Waals surface area contributed by atoms with Crippen molar-refractivity contribution in [2.45, 2.75) is 45.5 Å². The molecular weight excluding hydrogens is 245 g/mol. The molecule has 3 rings (SSSR count). The van der Waals surface area contributed by atoms with E-state index >= 15 is 0 Å². The smallest absolute Gasteiger partial charge is 0.456 e. The zero-order valence-electron chi connectivity index (χ0n) is 11.5. The van der Waals surface area contributed by atoms with E-state index in [1.165, 1.54) is 0 Å². The van der Waals surface area contributed by atoms with Gasteiger partial charge in [-0.25, -0.2) is 9.78 Å². The number of pyridine rings is 1. The second kappa shape index (κ2) is 3.80. The van der Waals surface area contributed by atoms with Crippen LogP contribution in [0.1, 0.15) is 43.7 Å². The molecule has 0 unspecified atom stereocenters. The zero-order chi connectivity index (χ0) is 13.8. The topological polar surface area (TPSA) is 57.7 Å². The number of hydrogen-bond acceptors (Lipinski definition) is 5. The van der Waals surface area contributed by atoms with Crippen molar-refractivity contribution in [3.05, 3.63) is 23.5 Å². The van der Waals surface area contributed by atoms with Gasteiger partial charge in [0.05, 0.1) is 11.2 Å². The monoisotopic (exact) mass is 261 g/mol. The third kappa shape index (κ3) is 1.86. The molecular formula is C13H16BNO4. The second-order valence-corrected chi connectivity index (χ2v) is 5.94. The van der Waals surface area contributed by atoms with Crippen molar-refractivity contribution < 1.29 is 18.8 Å². The Labute approximate surface area is 112 Å². The normalized spacial score (nSPS) is 23.4. The van der Waals surface area contributed by atoms with Crippen LogP contribution in [0.2, 0.25) is 0 Å². The van der Waals surface area contributed by atoms with Crippen molar-refractivity contribution in [3.8, 4) is 0 Å². The maximum Gasteiger partial charge on any atom is 0.496 e. The second-order valence-electron chi connectivity index (χ2n) is 5.94. The van der Waals surface area contributed by atoms with E-state index in [1.807, 2.05) is 33.8 Å². The van der Waals surface area contributed by atoms with E-state index in [4.69, 9.17) is 14.0 Å². The molecule has 0 amide bonds. The van der Waals surface area contributed by atoms with Gasteiger partial charge < -0.3 is 14.0 Å². The Morgan fingerprint density at radius 1 is 1.21 bits per heavy atom. The van der Waals surface area contributed by atoms with Crippen molar-refractivity contribution in [3.63, 3.8) is 0 Å². The SMILES string of the molecule is CC1(C)OB(c2cnc3c(c2)COC3=O)OC1(C)C. The first-order chi connectivity index (χ1) is 8.80. The third-order valence-electron chi connectivity index (χ3n) is 4.07. The molecule has 0 N–H and O–H groups in total. The Balaban J connectivity index is 1.91. The minimum atomic E-state index is -0.460. The van der Waals surface area contributed by atoms with Gasteiger partial charge in [0.1, 0.15) is 6.61 Å². The highest BCUT2D eigenvalue weighted by Gasteiger charge is 2.52. The zero-order valence-corrected chi connectivity index (χ0v) is 11.5. The number of hydrogen-bond donors (Lipinski definition) is 0. The molecule has 6 heteroatoms. The van der Waals surface area contributed by atoms with Crippen molar-refractivity contribution >= 4 is 18.6 Å². The average Bonchev–Trinajstić information content (AvgIpc) is 2.78. The van der Waals surface area contributed by atoms with E-state index < -0.39 is 7.12 Å². The molecule has 1 saturated heterocycles. The quantitative estimate of drug-likeness (QED) is 0.558. The lowest BCUT2D eigenvalue weighted by Crippen LogP contribution is -2.41. The molecule has 0 atom stereocenters. The van der Waals surface area contributed by atoms with Gasteiger partial charge >= 0.3 is 13.1 Å². The van der Waals surface area contributed by atoms with Crippen LogP contribution >= 0.6 is 0 Å². The van der Waals surface area contributed by atoms with E-state index in [0.717, 1.165) is 11.0 Å². The summed E-state index contributed by atoms with van der Waals surface area (Å²) in [6.45, 7) is 8.27. The predicted octanol–water partition coefficient (Wildman–Crippen LogP) is 1.05. The molecule has 2 aliphatic rings. The molecule has 3 heterocycles. The van der Waals surface area contributed by atoms with Crippen LogP contribution in [-0.4, -0.2) is 29.3 Å². The molecule has 0 radical (unpaired) electrons. The third-order valence-corrected chi connectivity index (χ3v) is 4.07. The standard InChI is InChI=1S/C13H16BNO4/c1-12(2)13(3,4)19-14(18-12)9-5-8-7-17-11(16)10(8)15-6-9/h5-6H,7H2,1-4H3. The minimum Gasteiger partial charge on any atom is -0.456 e. The fourth-order valence-electron chi connectivity index (χ4n) is 2.14. The van der Waals surface area contributed by atoms with Crippen molar-refractivity contribution in [1.29, 1.82) is 0 Å². The van der Waals surface area contributed by atoms with Gasteiger partial charge in [0, 0.05) is 17.2 Å². The highest BCUT2D eigenvalue weighted by Crippen LogP contribution is 2.36. The van der Waals surface area contributed by atoms with Crippen LogP contribution in [0.3, 0.4) is 0 Å². The van der Waals surface area contributed by atoms with Crippen molar-refractivity contribution in [2.75, 3.05) is 0 Å². The van der Waals surface area contributed by atoms with Crippen LogP contribution in [0.25, 0.3) is 0 Å². The molecule has 100 valence electrons. The van der Waals surface area contributed by atoms with Crippen LogP contribution < -0.4 is 5.46 Å². The Kier molecular flexibility index (Phi) is 2.53. The first kappa shape index (κ1) is 12.6. The van der Waals surface area contributed by atoms with Crippen molar-refractivity contribution in [1.82, 2.24) is 4.98 Å². The van der Waals surface area contributed by atoms with E-state index in [0.29, 0.717) is 5.69 Å². The average molecular weight is 261 g/mol. The maximum absolute atomic E-state index is 11.4. The number of fused-ring (bicyclic) bond motifs is 1. The summed E-state index contributed by atoms with van der Waals surface area (Å²) in [4.78, 5) is 15.5. The molecule has 0 aliphatic carbocycles. The molecule has 0 saturated carbocycles. The summed E-state index contributed by atoms with van der Waals surface area (Å²) in [6, 6.07) is 1.87. The molecule has 0 aromatic carbocycles. The van der Waals surface area contributed by atoms with Gasteiger partial charge in [0.15, 0.2) is 5.69 Å². The summed E-state index contributed by atoms with van der Waals surface area (Å²) in [5.41, 5.74) is 1.22. The Bertz CT molecular complexity index is 540.